The highest BCUT2D eigenvalue weighted by Gasteiger charge is 2.29. The van der Waals surface area contributed by atoms with E-state index in [0.717, 1.165) is 41.6 Å². The van der Waals surface area contributed by atoms with Crippen LogP contribution in [0.25, 0.3) is 22.3 Å². The Morgan fingerprint density at radius 3 is 2.89 bits per heavy atom. The van der Waals surface area contributed by atoms with Crippen LogP contribution < -0.4 is 5.32 Å². The first kappa shape index (κ1) is 18.3. The van der Waals surface area contributed by atoms with Crippen LogP contribution in [0.4, 0.5) is 0 Å². The molecule has 0 atom stereocenters. The van der Waals surface area contributed by atoms with Crippen LogP contribution in [0.5, 0.6) is 0 Å². The van der Waals surface area contributed by atoms with E-state index in [-0.39, 0.29) is 12.5 Å². The zero-order chi connectivity index (χ0) is 19.9. The molecule has 1 aliphatic carbocycles. The number of benzene rings is 1. The second-order valence-electron chi connectivity index (χ2n) is 8.11. The lowest BCUT2D eigenvalue weighted by Crippen LogP contribution is -2.30. The van der Waals surface area contributed by atoms with Gasteiger partial charge in [0.2, 0.25) is 0 Å². The summed E-state index contributed by atoms with van der Waals surface area (Å²) in [5.74, 6) is -0.792. The topological polar surface area (TPSA) is 99.9 Å². The lowest BCUT2D eigenvalue weighted by molar-refractivity contribution is -0.139. The molecule has 0 saturated carbocycles. The Balaban J connectivity index is 1.60. The van der Waals surface area contributed by atoms with E-state index in [1.54, 1.807) is 6.07 Å². The molecular weight excluding hydrogens is 356 g/mol. The van der Waals surface area contributed by atoms with Crippen molar-refractivity contribution in [3.05, 3.63) is 41.1 Å². The monoisotopic (exact) mass is 380 g/mol. The van der Waals surface area contributed by atoms with Crippen LogP contribution in [0, 0.1) is 5.41 Å². The van der Waals surface area contributed by atoms with Gasteiger partial charge in [-0.3, -0.25) is 14.7 Å². The summed E-state index contributed by atoms with van der Waals surface area (Å²) in [6, 6.07) is 7.43. The molecule has 1 aliphatic rings. The molecule has 0 spiro atoms. The first-order valence-electron chi connectivity index (χ1n) is 9.40. The van der Waals surface area contributed by atoms with Gasteiger partial charge in [0.05, 0.1) is 12.8 Å². The Labute approximate surface area is 162 Å². The van der Waals surface area contributed by atoms with Crippen LogP contribution in [0.1, 0.15) is 41.9 Å². The van der Waals surface area contributed by atoms with Crippen LogP contribution in [0.2, 0.25) is 0 Å². The van der Waals surface area contributed by atoms with Crippen molar-refractivity contribution in [2.24, 2.45) is 5.41 Å². The van der Waals surface area contributed by atoms with Crippen LogP contribution in [0.3, 0.4) is 0 Å². The van der Waals surface area contributed by atoms with Crippen molar-refractivity contribution in [3.8, 4) is 11.4 Å². The molecule has 2 heterocycles. The van der Waals surface area contributed by atoms with E-state index < -0.39 is 5.97 Å². The van der Waals surface area contributed by atoms with E-state index in [4.69, 9.17) is 0 Å². The fraction of sp³-hybridized carbons (Fsp3) is 0.381. The molecule has 2 aromatic heterocycles. The highest BCUT2D eigenvalue weighted by Crippen LogP contribution is 2.38. The number of carbonyl (C=O) groups excluding carboxylic acids is 2. The maximum atomic E-state index is 12.3. The number of rotatable bonds is 4. The lowest BCUT2D eigenvalue weighted by Gasteiger charge is -2.28. The fourth-order valence-electron chi connectivity index (χ4n) is 3.80. The molecule has 0 unspecified atom stereocenters. The summed E-state index contributed by atoms with van der Waals surface area (Å²) in [4.78, 5) is 26.9. The number of methoxy groups -OCH3 is 1. The highest BCUT2D eigenvalue weighted by atomic mass is 16.5. The van der Waals surface area contributed by atoms with Crippen LogP contribution in [0.15, 0.2) is 24.3 Å². The summed E-state index contributed by atoms with van der Waals surface area (Å²) >= 11 is 0. The summed E-state index contributed by atoms with van der Waals surface area (Å²) in [7, 11) is 1.29. The number of nitrogens with zero attached hydrogens (tertiary/aromatic N) is 1. The standard InChI is InChI=1S/C21H24N4O3/c1-21(2)7-6-14-17(10-21)24-25-19(14)16-9-13-8-12(4-5-15(13)23-16)20(27)22-11-18(26)28-3/h4-5,8-9,23H,6-7,10-11H2,1-3H3,(H,22,27)(H,24,25). The molecule has 0 radical (unpaired) electrons. The molecule has 4 rings (SSSR count). The zero-order valence-electron chi connectivity index (χ0n) is 16.3. The van der Waals surface area contributed by atoms with E-state index >= 15 is 0 Å². The number of hydrogen-bond acceptors (Lipinski definition) is 4. The Bertz CT molecular complexity index is 1060. The Morgan fingerprint density at radius 1 is 1.29 bits per heavy atom. The number of H-pyrrole nitrogens is 2. The lowest BCUT2D eigenvalue weighted by atomic mass is 9.76. The van der Waals surface area contributed by atoms with Gasteiger partial charge in [-0.2, -0.15) is 5.10 Å². The van der Waals surface area contributed by atoms with Gasteiger partial charge in [-0.25, -0.2) is 0 Å². The van der Waals surface area contributed by atoms with E-state index in [0.29, 0.717) is 11.0 Å². The van der Waals surface area contributed by atoms with Crippen molar-refractivity contribution >= 4 is 22.8 Å². The van der Waals surface area contributed by atoms with Gasteiger partial charge >= 0.3 is 5.97 Å². The van der Waals surface area contributed by atoms with Gasteiger partial charge in [-0.1, -0.05) is 13.8 Å². The first-order chi connectivity index (χ1) is 13.4. The summed E-state index contributed by atoms with van der Waals surface area (Å²) in [6.45, 7) is 4.42. The first-order valence-corrected chi connectivity index (χ1v) is 9.40. The predicted molar refractivity (Wildman–Crippen MR) is 106 cm³/mol. The van der Waals surface area contributed by atoms with Crippen molar-refractivity contribution in [3.63, 3.8) is 0 Å². The van der Waals surface area contributed by atoms with Crippen molar-refractivity contribution in [2.75, 3.05) is 13.7 Å². The molecule has 3 N–H and O–H groups in total. The molecule has 7 nitrogen and oxygen atoms in total. The number of hydrogen-bond donors (Lipinski definition) is 3. The molecule has 0 bridgehead atoms. The maximum absolute atomic E-state index is 12.3. The third-order valence-electron chi connectivity index (χ3n) is 5.42. The average Bonchev–Trinajstić information content (AvgIpc) is 3.27. The minimum absolute atomic E-state index is 0.151. The van der Waals surface area contributed by atoms with Gasteiger partial charge in [0.25, 0.3) is 5.91 Å². The normalized spacial score (nSPS) is 15.2. The molecule has 7 heteroatoms. The minimum Gasteiger partial charge on any atom is -0.468 e. The number of fused-ring (bicyclic) bond motifs is 2. The number of nitrogens with one attached hydrogen (secondary N) is 3. The van der Waals surface area contributed by atoms with Gasteiger partial charge in [0, 0.05) is 27.7 Å². The van der Waals surface area contributed by atoms with Crippen LogP contribution >= 0.6 is 0 Å². The molecule has 1 amide bonds. The third-order valence-corrected chi connectivity index (χ3v) is 5.42. The predicted octanol–water partition coefficient (Wildman–Crippen LogP) is 2.98. The van der Waals surface area contributed by atoms with E-state index in [9.17, 15) is 9.59 Å². The van der Waals surface area contributed by atoms with E-state index in [1.165, 1.54) is 18.4 Å². The smallest absolute Gasteiger partial charge is 0.325 e. The zero-order valence-corrected chi connectivity index (χ0v) is 16.3. The molecule has 3 aromatic rings. The van der Waals surface area contributed by atoms with E-state index in [1.807, 2.05) is 18.2 Å². The number of carbonyl (C=O) groups is 2. The van der Waals surface area contributed by atoms with Gasteiger partial charge in [0.15, 0.2) is 0 Å². The molecule has 146 valence electrons. The minimum atomic E-state index is -0.482. The van der Waals surface area contributed by atoms with Gasteiger partial charge < -0.3 is 15.0 Å². The third kappa shape index (κ3) is 3.40. The van der Waals surface area contributed by atoms with Crippen molar-refractivity contribution in [2.45, 2.75) is 33.1 Å². The van der Waals surface area contributed by atoms with Gasteiger partial charge in [-0.05, 0) is 48.9 Å². The van der Waals surface area contributed by atoms with E-state index in [2.05, 4.69) is 39.1 Å². The van der Waals surface area contributed by atoms with Crippen molar-refractivity contribution in [1.82, 2.24) is 20.5 Å². The molecule has 0 aliphatic heterocycles. The summed E-state index contributed by atoms with van der Waals surface area (Å²) in [6.07, 6.45) is 3.14. The maximum Gasteiger partial charge on any atom is 0.325 e. The number of aromatic amines is 2. The number of esters is 1. The van der Waals surface area contributed by atoms with Crippen LogP contribution in [-0.4, -0.2) is 40.7 Å². The molecule has 28 heavy (non-hydrogen) atoms. The number of aromatic nitrogens is 3. The largest absolute Gasteiger partial charge is 0.468 e. The van der Waals surface area contributed by atoms with Gasteiger partial charge in [-0.15, -0.1) is 0 Å². The fourth-order valence-corrected chi connectivity index (χ4v) is 3.80. The highest BCUT2D eigenvalue weighted by molar-refractivity contribution is 6.00. The van der Waals surface area contributed by atoms with Gasteiger partial charge in [0.1, 0.15) is 12.2 Å². The average molecular weight is 380 g/mol. The second-order valence-corrected chi connectivity index (χ2v) is 8.11. The second kappa shape index (κ2) is 6.82. The number of ether oxygens (including phenoxy) is 1. The summed E-state index contributed by atoms with van der Waals surface area (Å²) < 4.78 is 4.54. The quantitative estimate of drug-likeness (QED) is 0.606. The summed E-state index contributed by atoms with van der Waals surface area (Å²) in [5, 5.41) is 11.2. The molecule has 0 saturated heterocycles. The van der Waals surface area contributed by atoms with Crippen LogP contribution in [-0.2, 0) is 22.4 Å². The Kier molecular flexibility index (Phi) is 4.45. The molecular formula is C21H24N4O3. The SMILES string of the molecule is COC(=O)CNC(=O)c1ccc2[nH]c(-c3n[nH]c4c3CCC(C)(C)C4)cc2c1. The Hall–Kier alpha value is -3.09. The number of amides is 1. The van der Waals surface area contributed by atoms with Crippen molar-refractivity contribution in [1.29, 1.82) is 0 Å². The molecule has 1 aromatic carbocycles. The van der Waals surface area contributed by atoms with Crippen molar-refractivity contribution < 1.29 is 14.3 Å². The summed E-state index contributed by atoms with van der Waals surface area (Å²) in [5.41, 5.74) is 6.12. The molecule has 0 fully saturated rings. The Morgan fingerprint density at radius 2 is 2.11 bits per heavy atom.